The summed E-state index contributed by atoms with van der Waals surface area (Å²) in [6, 6.07) is 0. The summed E-state index contributed by atoms with van der Waals surface area (Å²) in [6.45, 7) is 17.1. The Morgan fingerprint density at radius 1 is 1.21 bits per heavy atom. The average molecular weight is 504 g/mol. The number of carbonyl (C=O) groups is 1. The van der Waals surface area contributed by atoms with Crippen LogP contribution in [-0.4, -0.2) is 84.6 Å². The topological polar surface area (TPSA) is 97.4 Å². The third-order valence-corrected chi connectivity index (χ3v) is 13.1. The lowest BCUT2D eigenvalue weighted by atomic mass is 10.2. The molecule has 2 atom stereocenters. The lowest BCUT2D eigenvalue weighted by Gasteiger charge is -2.44. The van der Waals surface area contributed by atoms with Crippen molar-refractivity contribution in [3.05, 3.63) is 24.3 Å². The second kappa shape index (κ2) is 12.1. The monoisotopic (exact) mass is 503 g/mol. The van der Waals surface area contributed by atoms with E-state index in [1.165, 1.54) is 4.31 Å². The molecule has 33 heavy (non-hydrogen) atoms. The lowest BCUT2D eigenvalue weighted by molar-refractivity contribution is -0.142. The normalized spacial score (nSPS) is 22.0. The van der Waals surface area contributed by atoms with Crippen molar-refractivity contribution in [3.63, 3.8) is 0 Å². The Morgan fingerprint density at radius 3 is 2.36 bits per heavy atom. The van der Waals surface area contributed by atoms with E-state index in [0.717, 1.165) is 31.5 Å². The molecule has 11 heteroatoms. The van der Waals surface area contributed by atoms with Gasteiger partial charge in [-0.15, -0.1) is 0 Å². The lowest BCUT2D eigenvalue weighted by Crippen LogP contribution is -2.54. The number of esters is 1. The van der Waals surface area contributed by atoms with Gasteiger partial charge in [0.2, 0.25) is 8.32 Å². The van der Waals surface area contributed by atoms with Crippen LogP contribution in [0.15, 0.2) is 24.3 Å². The van der Waals surface area contributed by atoms with Crippen molar-refractivity contribution >= 4 is 24.5 Å². The average Bonchev–Trinajstić information content (AvgIpc) is 3.27. The highest BCUT2D eigenvalue weighted by atomic mass is 32.2. The minimum absolute atomic E-state index is 0.100. The predicted octanol–water partition coefficient (Wildman–Crippen LogP) is 2.60. The summed E-state index contributed by atoms with van der Waals surface area (Å²) in [5.74, 6) is -0.367. The van der Waals surface area contributed by atoms with Crippen LogP contribution in [0.5, 0.6) is 0 Å². The van der Waals surface area contributed by atoms with Crippen molar-refractivity contribution in [2.24, 2.45) is 0 Å². The van der Waals surface area contributed by atoms with Crippen LogP contribution in [0.25, 0.3) is 0 Å². The number of hydrogen-bond acceptors (Lipinski definition) is 7. The van der Waals surface area contributed by atoms with E-state index in [9.17, 15) is 13.2 Å². The maximum Gasteiger partial charge on any atom is 0.312 e. The molecule has 2 aliphatic heterocycles. The van der Waals surface area contributed by atoms with Crippen LogP contribution in [0, 0.1) is 0 Å². The summed E-state index contributed by atoms with van der Waals surface area (Å²) < 4.78 is 46.6. The highest BCUT2D eigenvalue weighted by Gasteiger charge is 2.53. The Morgan fingerprint density at radius 2 is 1.82 bits per heavy atom. The van der Waals surface area contributed by atoms with Gasteiger partial charge in [0.25, 0.3) is 10.2 Å². The molecule has 9 nitrogen and oxygen atoms in total. The summed E-state index contributed by atoms with van der Waals surface area (Å²) in [6.07, 6.45) is 5.51. The van der Waals surface area contributed by atoms with Crippen molar-refractivity contribution in [1.82, 2.24) is 14.1 Å². The molecule has 2 saturated heterocycles. The molecule has 0 aromatic heterocycles. The van der Waals surface area contributed by atoms with Gasteiger partial charge in [0.15, 0.2) is 0 Å². The van der Waals surface area contributed by atoms with Gasteiger partial charge in [0, 0.05) is 32.7 Å². The summed E-state index contributed by atoms with van der Waals surface area (Å²) in [4.78, 5) is 13.2. The smallest absolute Gasteiger partial charge is 0.312 e. The Hall–Kier alpha value is -1.08. The van der Waals surface area contributed by atoms with Crippen LogP contribution in [0.2, 0.25) is 17.1 Å². The fraction of sp³-hybridized carbons (Fsp3) is 0.773. The standard InChI is InChI=1S/C22H41N3O6SSi/c1-7-14-30-21(26)20(33(6,22(3,4)5)31-24-10-8-9-11-24)17-19(2)18-23-32(27,28)25-12-15-29-16-13-25/h7,17,20,23H,1,8-16,18H2,2-6H3/b19-17+. The molecule has 2 heterocycles. The second-order valence-corrected chi connectivity index (χ2v) is 16.1. The fourth-order valence-electron chi connectivity index (χ4n) is 3.82. The van der Waals surface area contributed by atoms with E-state index in [1.807, 2.05) is 18.1 Å². The van der Waals surface area contributed by atoms with Gasteiger partial charge in [-0.25, -0.2) is 5.06 Å². The molecule has 2 aliphatic rings. The van der Waals surface area contributed by atoms with Crippen molar-refractivity contribution < 1.29 is 27.2 Å². The van der Waals surface area contributed by atoms with Gasteiger partial charge in [-0.2, -0.15) is 17.4 Å². The Balaban J connectivity index is 2.27. The number of nitrogens with zero attached hydrogens (tertiary/aromatic N) is 2. The van der Waals surface area contributed by atoms with E-state index in [2.05, 4.69) is 38.6 Å². The maximum absolute atomic E-state index is 13.2. The first-order valence-electron chi connectivity index (χ1n) is 11.6. The van der Waals surface area contributed by atoms with Gasteiger partial charge in [-0.1, -0.05) is 45.1 Å². The Bertz CT molecular complexity index is 801. The van der Waals surface area contributed by atoms with Crippen molar-refractivity contribution in [1.29, 1.82) is 0 Å². The SMILES string of the molecule is C=CCOC(=O)C(/C=C(\C)CNS(=O)(=O)N1CCOCC1)[Si](C)(ON1CCCC1)C(C)(C)C. The molecule has 2 rings (SSSR count). The first kappa shape index (κ1) is 28.2. The van der Waals surface area contributed by atoms with Gasteiger partial charge < -0.3 is 14.0 Å². The largest absolute Gasteiger partial charge is 0.461 e. The summed E-state index contributed by atoms with van der Waals surface area (Å²) in [5, 5.41) is 1.70. The maximum atomic E-state index is 13.2. The van der Waals surface area contributed by atoms with E-state index in [0.29, 0.717) is 26.3 Å². The summed E-state index contributed by atoms with van der Waals surface area (Å²) in [5.41, 5.74) is 0.131. The Kier molecular flexibility index (Phi) is 10.3. The number of hydrogen-bond donors (Lipinski definition) is 1. The van der Waals surface area contributed by atoms with E-state index < -0.39 is 24.1 Å². The fourth-order valence-corrected chi connectivity index (χ4v) is 8.21. The molecule has 0 spiro atoms. The van der Waals surface area contributed by atoms with Crippen LogP contribution in [0.1, 0.15) is 40.5 Å². The molecule has 190 valence electrons. The number of ether oxygens (including phenoxy) is 2. The molecule has 0 aromatic carbocycles. The number of hydroxylamine groups is 2. The Labute approximate surface area is 200 Å². The first-order valence-corrected chi connectivity index (χ1v) is 15.5. The minimum Gasteiger partial charge on any atom is -0.461 e. The molecular weight excluding hydrogens is 462 g/mol. The van der Waals surface area contributed by atoms with Gasteiger partial charge in [-0.3, -0.25) is 4.79 Å². The zero-order chi connectivity index (χ0) is 24.7. The van der Waals surface area contributed by atoms with Crippen molar-refractivity contribution in [3.8, 4) is 0 Å². The van der Waals surface area contributed by atoms with Gasteiger partial charge in [-0.05, 0) is 31.4 Å². The first-order chi connectivity index (χ1) is 15.4. The zero-order valence-corrected chi connectivity index (χ0v) is 22.6. The number of nitrogens with one attached hydrogen (secondary N) is 1. The van der Waals surface area contributed by atoms with Gasteiger partial charge >= 0.3 is 5.97 Å². The van der Waals surface area contributed by atoms with E-state index in [4.69, 9.17) is 14.0 Å². The van der Waals surface area contributed by atoms with Crippen LogP contribution in [0.4, 0.5) is 0 Å². The van der Waals surface area contributed by atoms with Crippen LogP contribution in [0.3, 0.4) is 0 Å². The van der Waals surface area contributed by atoms with Gasteiger partial charge in [0.05, 0.1) is 18.8 Å². The minimum atomic E-state index is -3.63. The molecule has 0 amide bonds. The molecule has 0 aliphatic carbocycles. The third-order valence-electron chi connectivity index (χ3n) is 6.36. The summed E-state index contributed by atoms with van der Waals surface area (Å²) in [7, 11) is -6.42. The predicted molar refractivity (Wildman–Crippen MR) is 131 cm³/mol. The molecule has 0 bridgehead atoms. The molecule has 0 saturated carbocycles. The molecule has 0 radical (unpaired) electrons. The van der Waals surface area contributed by atoms with E-state index >= 15 is 0 Å². The van der Waals surface area contributed by atoms with Crippen LogP contribution in [-0.2, 0) is 29.0 Å². The van der Waals surface area contributed by atoms with Crippen molar-refractivity contribution in [2.75, 3.05) is 52.5 Å². The van der Waals surface area contributed by atoms with Crippen LogP contribution >= 0.6 is 0 Å². The van der Waals surface area contributed by atoms with E-state index in [1.54, 1.807) is 6.08 Å². The van der Waals surface area contributed by atoms with Crippen molar-refractivity contribution in [2.45, 2.75) is 57.7 Å². The molecule has 2 fully saturated rings. The number of morpholine rings is 1. The highest BCUT2D eigenvalue weighted by Crippen LogP contribution is 2.46. The molecular formula is C22H41N3O6SSi. The summed E-state index contributed by atoms with van der Waals surface area (Å²) >= 11 is 0. The van der Waals surface area contributed by atoms with Crippen LogP contribution < -0.4 is 4.72 Å². The molecule has 0 aromatic rings. The van der Waals surface area contributed by atoms with Gasteiger partial charge in [0.1, 0.15) is 6.61 Å². The second-order valence-electron chi connectivity index (χ2n) is 9.83. The third kappa shape index (κ3) is 7.71. The molecule has 1 N–H and O–H groups in total. The number of rotatable bonds is 11. The zero-order valence-electron chi connectivity index (χ0n) is 20.8. The quantitative estimate of drug-likeness (QED) is 0.263. The number of carbonyl (C=O) groups excluding carboxylic acids is 1. The highest BCUT2D eigenvalue weighted by molar-refractivity contribution is 7.87. The van der Waals surface area contributed by atoms with E-state index in [-0.39, 0.29) is 24.2 Å². The molecule has 2 unspecified atom stereocenters.